The first-order valence-electron chi connectivity index (χ1n) is 11.7. The first-order chi connectivity index (χ1) is 17.2. The molecule has 1 N–H and O–H groups in total. The zero-order valence-corrected chi connectivity index (χ0v) is 19.5. The van der Waals surface area contributed by atoms with E-state index < -0.39 is 0 Å². The molecule has 35 heavy (non-hydrogen) atoms. The van der Waals surface area contributed by atoms with Gasteiger partial charge in [-0.25, -0.2) is 4.98 Å². The second-order valence-corrected chi connectivity index (χ2v) is 8.42. The van der Waals surface area contributed by atoms with Crippen molar-refractivity contribution < 1.29 is 4.79 Å². The highest BCUT2D eigenvalue weighted by Gasteiger charge is 2.24. The number of carbonyl (C=O) groups is 1. The summed E-state index contributed by atoms with van der Waals surface area (Å²) >= 11 is 0. The average Bonchev–Trinajstić information content (AvgIpc) is 3.42. The molecule has 0 radical (unpaired) electrons. The Balaban J connectivity index is 1.74. The number of rotatable bonds is 7. The van der Waals surface area contributed by atoms with E-state index in [1.165, 1.54) is 0 Å². The number of para-hydroxylation sites is 1. The SMILES string of the molecule is CC[C@H](NC(=O)c1c(Cn2ccnc2)n(-c2ccccc2)c(=O)c2ccccc12)c1ccccc1. The Morgan fingerprint density at radius 1 is 0.914 bits per heavy atom. The summed E-state index contributed by atoms with van der Waals surface area (Å²) in [6.45, 7) is 2.37. The Morgan fingerprint density at radius 3 is 2.23 bits per heavy atom. The molecule has 5 rings (SSSR count). The first-order valence-corrected chi connectivity index (χ1v) is 11.7. The Kier molecular flexibility index (Phi) is 6.26. The van der Waals surface area contributed by atoms with Crippen LogP contribution >= 0.6 is 0 Å². The van der Waals surface area contributed by atoms with Crippen molar-refractivity contribution in [2.45, 2.75) is 25.9 Å². The third kappa shape index (κ3) is 4.38. The number of imidazole rings is 1. The Hall–Kier alpha value is -4.45. The minimum absolute atomic E-state index is 0.152. The molecule has 2 aromatic heterocycles. The van der Waals surface area contributed by atoms with Gasteiger partial charge in [-0.2, -0.15) is 0 Å². The number of nitrogens with zero attached hydrogens (tertiary/aromatic N) is 3. The quantitative estimate of drug-likeness (QED) is 0.365. The molecule has 3 aromatic carbocycles. The van der Waals surface area contributed by atoms with Gasteiger partial charge >= 0.3 is 0 Å². The van der Waals surface area contributed by atoms with Crippen LogP contribution in [0.3, 0.4) is 0 Å². The van der Waals surface area contributed by atoms with Gasteiger partial charge in [0, 0.05) is 28.9 Å². The first kappa shape index (κ1) is 22.3. The molecule has 1 atom stereocenters. The number of aromatic nitrogens is 3. The van der Waals surface area contributed by atoms with Crippen molar-refractivity contribution in [1.82, 2.24) is 19.4 Å². The smallest absolute Gasteiger partial charge is 0.263 e. The molecule has 5 aromatic rings. The van der Waals surface area contributed by atoms with Crippen molar-refractivity contribution >= 4 is 16.7 Å². The topological polar surface area (TPSA) is 68.9 Å². The molecule has 0 aliphatic rings. The second kappa shape index (κ2) is 9.81. The van der Waals surface area contributed by atoms with Gasteiger partial charge in [0.15, 0.2) is 0 Å². The fraction of sp³-hybridized carbons (Fsp3) is 0.138. The maximum Gasteiger partial charge on any atom is 0.263 e. The minimum atomic E-state index is -0.211. The fourth-order valence-corrected chi connectivity index (χ4v) is 4.54. The van der Waals surface area contributed by atoms with Crippen LogP contribution < -0.4 is 10.9 Å². The van der Waals surface area contributed by atoms with Gasteiger partial charge in [-0.05, 0) is 30.2 Å². The van der Waals surface area contributed by atoms with Crippen LogP contribution in [0, 0.1) is 0 Å². The Bertz CT molecular complexity index is 1510. The zero-order chi connectivity index (χ0) is 24.2. The number of pyridine rings is 1. The van der Waals surface area contributed by atoms with Crippen molar-refractivity contribution in [1.29, 1.82) is 0 Å². The molecule has 0 saturated carbocycles. The van der Waals surface area contributed by atoms with Crippen LogP contribution in [0.1, 0.15) is 41.0 Å². The van der Waals surface area contributed by atoms with Crippen molar-refractivity contribution in [2.75, 3.05) is 0 Å². The van der Waals surface area contributed by atoms with E-state index in [4.69, 9.17) is 0 Å². The van der Waals surface area contributed by atoms with E-state index in [0.717, 1.165) is 12.0 Å². The monoisotopic (exact) mass is 462 g/mol. The van der Waals surface area contributed by atoms with Gasteiger partial charge in [0.2, 0.25) is 0 Å². The fourth-order valence-electron chi connectivity index (χ4n) is 4.54. The van der Waals surface area contributed by atoms with Crippen molar-refractivity contribution in [3.8, 4) is 5.69 Å². The molecule has 0 unspecified atom stereocenters. The number of carbonyl (C=O) groups excluding carboxylic acids is 1. The van der Waals surface area contributed by atoms with Crippen LogP contribution in [0.25, 0.3) is 16.5 Å². The number of amides is 1. The summed E-state index contributed by atoms with van der Waals surface area (Å²) in [7, 11) is 0. The highest BCUT2D eigenvalue weighted by Crippen LogP contribution is 2.25. The molecule has 0 spiro atoms. The molecule has 2 heterocycles. The van der Waals surface area contributed by atoms with Gasteiger partial charge in [-0.1, -0.05) is 73.7 Å². The van der Waals surface area contributed by atoms with Gasteiger partial charge in [0.25, 0.3) is 11.5 Å². The van der Waals surface area contributed by atoms with Crippen LogP contribution in [0.4, 0.5) is 0 Å². The lowest BCUT2D eigenvalue weighted by molar-refractivity contribution is 0.0935. The van der Waals surface area contributed by atoms with Crippen LogP contribution in [-0.2, 0) is 6.54 Å². The summed E-state index contributed by atoms with van der Waals surface area (Å²) < 4.78 is 3.52. The van der Waals surface area contributed by atoms with Gasteiger partial charge in [-0.3, -0.25) is 14.2 Å². The van der Waals surface area contributed by atoms with Crippen molar-refractivity contribution in [3.05, 3.63) is 131 Å². The van der Waals surface area contributed by atoms with E-state index in [9.17, 15) is 9.59 Å². The summed E-state index contributed by atoms with van der Waals surface area (Å²) in [6.07, 6.45) is 5.95. The maximum atomic E-state index is 14.0. The summed E-state index contributed by atoms with van der Waals surface area (Å²) in [5.74, 6) is -0.211. The molecule has 1 amide bonds. The largest absolute Gasteiger partial charge is 0.345 e. The lowest BCUT2D eigenvalue weighted by Gasteiger charge is -2.23. The van der Waals surface area contributed by atoms with Crippen LogP contribution in [0.2, 0.25) is 0 Å². The minimum Gasteiger partial charge on any atom is -0.345 e. The number of fused-ring (bicyclic) bond motifs is 1. The van der Waals surface area contributed by atoms with Crippen LogP contribution in [0.15, 0.2) is 108 Å². The summed E-state index contributed by atoms with van der Waals surface area (Å²) in [6, 6.07) is 26.6. The van der Waals surface area contributed by atoms with Crippen molar-refractivity contribution in [3.63, 3.8) is 0 Å². The van der Waals surface area contributed by atoms with Gasteiger partial charge in [0.05, 0.1) is 30.2 Å². The predicted molar refractivity (Wildman–Crippen MR) is 138 cm³/mol. The van der Waals surface area contributed by atoms with E-state index in [1.807, 2.05) is 96.6 Å². The summed E-state index contributed by atoms with van der Waals surface area (Å²) in [4.78, 5) is 31.9. The highest BCUT2D eigenvalue weighted by atomic mass is 16.2. The number of hydrogen-bond donors (Lipinski definition) is 1. The van der Waals surface area contributed by atoms with Gasteiger partial charge in [-0.15, -0.1) is 0 Å². The molecule has 174 valence electrons. The summed E-state index contributed by atoms with van der Waals surface area (Å²) in [5, 5.41) is 4.37. The van der Waals surface area contributed by atoms with E-state index in [2.05, 4.69) is 10.3 Å². The lowest BCUT2D eigenvalue weighted by atomic mass is 9.99. The second-order valence-electron chi connectivity index (χ2n) is 8.42. The standard InChI is InChI=1S/C29H26N4O2/c1-2-25(21-11-5-3-6-12-21)31-28(34)27-23-15-9-10-16-24(23)29(35)33(22-13-7-4-8-14-22)26(27)19-32-18-17-30-20-32/h3-18,20,25H,2,19H2,1H3,(H,31,34)/t25-/m0/s1. The summed E-state index contributed by atoms with van der Waals surface area (Å²) in [5.41, 5.74) is 2.70. The van der Waals surface area contributed by atoms with E-state index in [0.29, 0.717) is 34.3 Å². The maximum absolute atomic E-state index is 14.0. The van der Waals surface area contributed by atoms with E-state index in [1.54, 1.807) is 23.2 Å². The zero-order valence-electron chi connectivity index (χ0n) is 19.5. The molecular weight excluding hydrogens is 436 g/mol. The third-order valence-corrected chi connectivity index (χ3v) is 6.24. The number of nitrogens with one attached hydrogen (secondary N) is 1. The van der Waals surface area contributed by atoms with Crippen LogP contribution in [-0.4, -0.2) is 20.0 Å². The Labute approximate surface area is 203 Å². The van der Waals surface area contributed by atoms with E-state index >= 15 is 0 Å². The molecule has 0 aliphatic heterocycles. The average molecular weight is 463 g/mol. The lowest BCUT2D eigenvalue weighted by Crippen LogP contribution is -2.33. The van der Waals surface area contributed by atoms with E-state index in [-0.39, 0.29) is 17.5 Å². The highest BCUT2D eigenvalue weighted by molar-refractivity contribution is 6.08. The van der Waals surface area contributed by atoms with Crippen LogP contribution in [0.5, 0.6) is 0 Å². The molecule has 0 saturated heterocycles. The number of benzene rings is 3. The number of hydrogen-bond acceptors (Lipinski definition) is 3. The molecule has 0 aliphatic carbocycles. The Morgan fingerprint density at radius 2 is 1.57 bits per heavy atom. The molecule has 6 heteroatoms. The van der Waals surface area contributed by atoms with Gasteiger partial charge in [0.1, 0.15) is 0 Å². The normalized spacial score (nSPS) is 11.9. The third-order valence-electron chi connectivity index (χ3n) is 6.24. The van der Waals surface area contributed by atoms with Crippen molar-refractivity contribution in [2.24, 2.45) is 0 Å². The predicted octanol–water partition coefficient (Wildman–Crippen LogP) is 5.12. The molecule has 0 bridgehead atoms. The molecule has 0 fully saturated rings. The molecule has 6 nitrogen and oxygen atoms in total. The van der Waals surface area contributed by atoms with Gasteiger partial charge < -0.3 is 9.88 Å². The molecular formula is C29H26N4O2.